The van der Waals surface area contributed by atoms with Crippen LogP contribution >= 0.6 is 0 Å². The van der Waals surface area contributed by atoms with Crippen molar-refractivity contribution in [2.75, 3.05) is 27.4 Å². The van der Waals surface area contributed by atoms with E-state index < -0.39 is 18.0 Å². The van der Waals surface area contributed by atoms with E-state index in [-0.39, 0.29) is 55.0 Å². The second kappa shape index (κ2) is 41.0. The molecule has 1 unspecified atom stereocenters. The highest BCUT2D eigenvalue weighted by Gasteiger charge is 2.26. The molecule has 0 spiro atoms. The minimum Gasteiger partial charge on any atom is -0.504 e. The van der Waals surface area contributed by atoms with Crippen molar-refractivity contribution in [1.82, 2.24) is 0 Å². The Bertz CT molecular complexity index is 1360. The van der Waals surface area contributed by atoms with Crippen molar-refractivity contribution in [2.24, 2.45) is 0 Å². The first-order valence-corrected chi connectivity index (χ1v) is 26.1. The number of unbranched alkanes of at least 4 members (excludes halogenated alkanes) is 30. The van der Waals surface area contributed by atoms with Gasteiger partial charge in [0, 0.05) is 24.0 Å². The molecule has 0 fully saturated rings. The number of hydrogen-bond donors (Lipinski definition) is 2. The quantitative estimate of drug-likeness (QED) is 0.0282. The van der Waals surface area contributed by atoms with Crippen molar-refractivity contribution in [3.05, 3.63) is 17.2 Å². The zero-order chi connectivity index (χ0) is 46.9. The molecule has 0 aliphatic rings. The molecule has 64 heavy (non-hydrogen) atoms. The van der Waals surface area contributed by atoms with E-state index >= 15 is 0 Å². The summed E-state index contributed by atoms with van der Waals surface area (Å²) in [5.41, 5.74) is 1.02. The second-order valence-corrected chi connectivity index (χ2v) is 17.9. The molecule has 10 nitrogen and oxygen atoms in total. The van der Waals surface area contributed by atoms with Gasteiger partial charge in [-0.15, -0.1) is 0 Å². The third-order valence-electron chi connectivity index (χ3n) is 12.3. The number of methoxy groups -OCH3 is 2. The second-order valence-electron chi connectivity index (χ2n) is 17.9. The zero-order valence-electron chi connectivity index (χ0n) is 41.6. The molecule has 0 bridgehead atoms. The number of benzene rings is 1. The van der Waals surface area contributed by atoms with Crippen molar-refractivity contribution in [3.8, 4) is 23.0 Å². The van der Waals surface area contributed by atoms with Gasteiger partial charge in [0.2, 0.25) is 17.6 Å². The van der Waals surface area contributed by atoms with Crippen molar-refractivity contribution in [1.29, 1.82) is 0 Å². The highest BCUT2D eigenvalue weighted by Crippen LogP contribution is 2.48. The lowest BCUT2D eigenvalue weighted by atomic mass is 10.0. The van der Waals surface area contributed by atoms with Gasteiger partial charge in [-0.25, -0.2) is 4.79 Å². The maximum absolute atomic E-state index is 13.1. The topological polar surface area (TPSA) is 138 Å². The van der Waals surface area contributed by atoms with E-state index in [1.165, 1.54) is 143 Å². The fraction of sp³-hybridized carbons (Fsp3) is 0.796. The average Bonchev–Trinajstić information content (AvgIpc) is 3.29. The van der Waals surface area contributed by atoms with Crippen LogP contribution in [0.3, 0.4) is 0 Å². The van der Waals surface area contributed by atoms with Crippen molar-refractivity contribution in [2.45, 2.75) is 252 Å². The van der Waals surface area contributed by atoms with Gasteiger partial charge in [-0.3, -0.25) is 9.59 Å². The molecule has 0 aliphatic carbocycles. The Balaban J connectivity index is 2.41. The molecule has 10 heteroatoms. The van der Waals surface area contributed by atoms with Gasteiger partial charge in [0.05, 0.1) is 20.8 Å². The normalized spacial score (nSPS) is 11.8. The minimum absolute atomic E-state index is 0.0573. The van der Waals surface area contributed by atoms with Crippen molar-refractivity contribution in [3.63, 3.8) is 0 Å². The van der Waals surface area contributed by atoms with Crippen LogP contribution in [0.15, 0.2) is 6.08 Å². The first-order valence-electron chi connectivity index (χ1n) is 26.1. The summed E-state index contributed by atoms with van der Waals surface area (Å²) in [6.45, 7) is 6.12. The van der Waals surface area contributed by atoms with Gasteiger partial charge >= 0.3 is 17.9 Å². The molecule has 0 aromatic heterocycles. The molecule has 1 aromatic carbocycles. The molecular weight excluding hydrogens is 809 g/mol. The van der Waals surface area contributed by atoms with Gasteiger partial charge in [0.25, 0.3) is 0 Å². The Morgan fingerprint density at radius 3 is 1.34 bits per heavy atom. The van der Waals surface area contributed by atoms with Gasteiger partial charge in [-0.05, 0) is 39.0 Å². The van der Waals surface area contributed by atoms with E-state index in [1.54, 1.807) is 13.0 Å². The fourth-order valence-electron chi connectivity index (χ4n) is 8.12. The molecule has 1 rings (SSSR count). The van der Waals surface area contributed by atoms with E-state index in [0.717, 1.165) is 70.6 Å². The number of carbonyl (C=O) groups excluding carboxylic acids is 3. The third-order valence-corrected chi connectivity index (χ3v) is 12.3. The highest BCUT2D eigenvalue weighted by atomic mass is 16.6. The predicted octanol–water partition coefficient (Wildman–Crippen LogP) is 15.1. The van der Waals surface area contributed by atoms with Crippen LogP contribution in [0.1, 0.15) is 250 Å². The largest absolute Gasteiger partial charge is 0.504 e. The fourth-order valence-corrected chi connectivity index (χ4v) is 8.12. The van der Waals surface area contributed by atoms with Gasteiger partial charge in [-0.1, -0.05) is 206 Å². The zero-order valence-corrected chi connectivity index (χ0v) is 41.6. The van der Waals surface area contributed by atoms with Gasteiger partial charge in [0.1, 0.15) is 6.61 Å². The van der Waals surface area contributed by atoms with Crippen molar-refractivity contribution >= 4 is 24.0 Å². The molecule has 1 atom stereocenters. The van der Waals surface area contributed by atoms with E-state index in [9.17, 15) is 24.6 Å². The molecule has 0 heterocycles. The number of hydrogen-bond acceptors (Lipinski definition) is 10. The van der Waals surface area contributed by atoms with E-state index in [0.29, 0.717) is 24.0 Å². The lowest BCUT2D eigenvalue weighted by Crippen LogP contribution is -2.34. The van der Waals surface area contributed by atoms with Gasteiger partial charge in [-0.2, -0.15) is 0 Å². The number of ether oxygens (including phenoxy) is 5. The summed E-state index contributed by atoms with van der Waals surface area (Å²) in [5.74, 6) is -1.41. The Morgan fingerprint density at radius 2 is 0.891 bits per heavy atom. The van der Waals surface area contributed by atoms with Crippen LogP contribution in [-0.2, 0) is 28.6 Å². The molecule has 0 radical (unpaired) electrons. The molecule has 0 saturated carbocycles. The summed E-state index contributed by atoms with van der Waals surface area (Å²) in [6, 6.07) is 0. The summed E-state index contributed by atoms with van der Waals surface area (Å²) in [6.07, 6.45) is 41.1. The van der Waals surface area contributed by atoms with Crippen LogP contribution in [-0.4, -0.2) is 61.7 Å². The highest BCUT2D eigenvalue weighted by molar-refractivity contribution is 5.80. The number of rotatable bonds is 44. The number of carbonyl (C=O) groups is 3. The Kier molecular flexibility index (Phi) is 37.6. The smallest absolute Gasteiger partial charge is 0.351 e. The molecule has 0 aliphatic heterocycles. The van der Waals surface area contributed by atoms with E-state index in [1.807, 2.05) is 6.08 Å². The minimum atomic E-state index is -1.26. The average molecular weight is 903 g/mol. The molecule has 2 N–H and O–H groups in total. The Hall–Kier alpha value is -3.43. The number of phenolic OH excluding ortho intramolecular Hbond substituents is 2. The molecule has 1 aromatic rings. The standard InChI is InChI=1S/C54H94O10/c1-6-8-10-12-14-16-18-20-22-24-29-33-37-41-48(55)63-44-47(64-49(56)42-38-34-30-25-23-21-19-17-15-13-11-9-7-2)54(59)62-43-39-35-31-27-26-28-32-36-40-46-45(3)50(57)52(60-4)53(61-5)51(46)58/h36,40,47,57-58H,6-35,37-39,41-44H2,1-5H3. The first-order chi connectivity index (χ1) is 31.2. The molecule has 0 amide bonds. The molecule has 370 valence electrons. The number of phenols is 2. The van der Waals surface area contributed by atoms with E-state index in [2.05, 4.69) is 13.8 Å². The Morgan fingerprint density at radius 1 is 0.500 bits per heavy atom. The summed E-state index contributed by atoms with van der Waals surface area (Å²) in [5, 5.41) is 21.1. The number of allylic oxidation sites excluding steroid dienone is 1. The van der Waals surface area contributed by atoms with Crippen LogP contribution in [0.4, 0.5) is 0 Å². The van der Waals surface area contributed by atoms with Crippen LogP contribution < -0.4 is 9.47 Å². The van der Waals surface area contributed by atoms with Crippen LogP contribution in [0.25, 0.3) is 6.08 Å². The summed E-state index contributed by atoms with van der Waals surface area (Å²) in [4.78, 5) is 38.5. The predicted molar refractivity (Wildman–Crippen MR) is 261 cm³/mol. The lowest BCUT2D eigenvalue weighted by molar-refractivity contribution is -0.174. The first kappa shape index (κ1) is 58.6. The third kappa shape index (κ3) is 29.2. The van der Waals surface area contributed by atoms with Gasteiger partial charge < -0.3 is 33.9 Å². The van der Waals surface area contributed by atoms with Crippen LogP contribution in [0.2, 0.25) is 0 Å². The number of esters is 3. The van der Waals surface area contributed by atoms with Gasteiger partial charge in [0.15, 0.2) is 11.5 Å². The Labute approximate surface area is 390 Å². The summed E-state index contributed by atoms with van der Waals surface area (Å²) in [7, 11) is 2.83. The van der Waals surface area contributed by atoms with E-state index in [4.69, 9.17) is 23.7 Å². The number of aromatic hydroxyl groups is 2. The maximum Gasteiger partial charge on any atom is 0.351 e. The molecular formula is C54H94O10. The summed E-state index contributed by atoms with van der Waals surface area (Å²) < 4.78 is 27.0. The van der Waals surface area contributed by atoms with Crippen LogP contribution in [0.5, 0.6) is 23.0 Å². The lowest BCUT2D eigenvalue weighted by Gasteiger charge is -2.17. The maximum atomic E-state index is 13.1. The van der Waals surface area contributed by atoms with Crippen LogP contribution in [0, 0.1) is 6.92 Å². The monoisotopic (exact) mass is 903 g/mol. The van der Waals surface area contributed by atoms with Crippen molar-refractivity contribution < 1.29 is 48.3 Å². The SMILES string of the molecule is CCCCCCCCCCCCCCCC(=O)OCC(OC(=O)CCCCCCCCCCCCCCC)C(=O)OCCCCCCCCC=Cc1c(C)c(O)c(OC)c(OC)c1O. The summed E-state index contributed by atoms with van der Waals surface area (Å²) >= 11 is 0. The molecule has 0 saturated heterocycles.